The predicted octanol–water partition coefficient (Wildman–Crippen LogP) is 0.664. The standard InChI is InChI=1S/C9H10FN.C6H10N2O2/c1-7(11-2)8-3-5-9(10)6-4-8;7-6(10)5-1-4(3-9)2-8-5/h3-6,11H,1H2,2H3;3-5,8H,1-2H2,(H2,7,10). The van der Waals surface area contributed by atoms with Crippen LogP contribution < -0.4 is 16.4 Å². The lowest BCUT2D eigenvalue weighted by Crippen LogP contribution is -2.36. The Labute approximate surface area is 123 Å². The van der Waals surface area contributed by atoms with Gasteiger partial charge in [-0.3, -0.25) is 4.79 Å². The maximum Gasteiger partial charge on any atom is 0.234 e. The first-order chi connectivity index (χ1) is 9.97. The number of halogens is 1. The maximum atomic E-state index is 12.4. The van der Waals surface area contributed by atoms with Crippen LogP contribution in [0.2, 0.25) is 0 Å². The van der Waals surface area contributed by atoms with Crippen molar-refractivity contribution in [2.45, 2.75) is 12.5 Å². The van der Waals surface area contributed by atoms with E-state index in [0.29, 0.717) is 13.0 Å². The molecule has 1 heterocycles. The number of nitrogens with two attached hydrogens (primary N) is 1. The van der Waals surface area contributed by atoms with Crippen molar-refractivity contribution in [1.29, 1.82) is 0 Å². The minimum absolute atomic E-state index is 0.0301. The van der Waals surface area contributed by atoms with Gasteiger partial charge in [-0.2, -0.15) is 0 Å². The molecule has 2 rings (SSSR count). The van der Waals surface area contributed by atoms with Gasteiger partial charge in [-0.25, -0.2) is 4.39 Å². The van der Waals surface area contributed by atoms with E-state index in [1.54, 1.807) is 19.2 Å². The van der Waals surface area contributed by atoms with Gasteiger partial charge in [-0.15, -0.1) is 0 Å². The lowest BCUT2D eigenvalue weighted by molar-refractivity contribution is -0.119. The number of nitrogens with one attached hydrogen (secondary N) is 2. The molecule has 6 heteroatoms. The van der Waals surface area contributed by atoms with E-state index in [1.165, 1.54) is 12.1 Å². The van der Waals surface area contributed by atoms with E-state index in [1.807, 2.05) is 0 Å². The highest BCUT2D eigenvalue weighted by Gasteiger charge is 2.26. The number of benzene rings is 1. The van der Waals surface area contributed by atoms with Crippen LogP contribution in [-0.2, 0) is 9.59 Å². The first-order valence-electron chi connectivity index (χ1n) is 6.58. The third kappa shape index (κ3) is 5.35. The summed E-state index contributed by atoms with van der Waals surface area (Å²) in [6, 6.07) is 5.91. The van der Waals surface area contributed by atoms with Crippen LogP contribution in [0.1, 0.15) is 12.0 Å². The van der Waals surface area contributed by atoms with Gasteiger partial charge in [0, 0.05) is 25.2 Å². The van der Waals surface area contributed by atoms with E-state index in [9.17, 15) is 14.0 Å². The molecule has 1 aromatic carbocycles. The molecule has 1 fully saturated rings. The number of carbonyl (C=O) groups excluding carboxylic acids is 2. The summed E-state index contributed by atoms with van der Waals surface area (Å²) in [4.78, 5) is 20.7. The van der Waals surface area contributed by atoms with E-state index >= 15 is 0 Å². The monoisotopic (exact) mass is 293 g/mol. The summed E-state index contributed by atoms with van der Waals surface area (Å²) in [6.07, 6.45) is 1.41. The third-order valence-corrected chi connectivity index (χ3v) is 3.20. The number of primary amides is 1. The van der Waals surface area contributed by atoms with E-state index in [2.05, 4.69) is 17.2 Å². The van der Waals surface area contributed by atoms with Crippen molar-refractivity contribution >= 4 is 17.9 Å². The zero-order valence-electron chi connectivity index (χ0n) is 11.9. The second kappa shape index (κ2) is 8.16. The number of rotatable bonds is 4. The van der Waals surface area contributed by atoms with Crippen molar-refractivity contribution in [1.82, 2.24) is 10.6 Å². The first kappa shape index (κ1) is 16.8. The molecule has 0 aliphatic carbocycles. The van der Waals surface area contributed by atoms with Crippen LogP contribution in [-0.4, -0.2) is 31.8 Å². The van der Waals surface area contributed by atoms with Gasteiger partial charge in [0.1, 0.15) is 12.1 Å². The number of hydrogen-bond donors (Lipinski definition) is 3. The Balaban J connectivity index is 0.000000211. The minimum Gasteiger partial charge on any atom is -0.388 e. The topological polar surface area (TPSA) is 84.2 Å². The molecule has 1 aromatic rings. The molecule has 0 radical (unpaired) electrons. The maximum absolute atomic E-state index is 12.4. The lowest BCUT2D eigenvalue weighted by atomic mass is 10.1. The van der Waals surface area contributed by atoms with Crippen molar-refractivity contribution in [2.24, 2.45) is 11.7 Å². The highest BCUT2D eigenvalue weighted by atomic mass is 19.1. The van der Waals surface area contributed by atoms with E-state index in [4.69, 9.17) is 5.73 Å². The molecule has 21 heavy (non-hydrogen) atoms. The van der Waals surface area contributed by atoms with Crippen LogP contribution in [0, 0.1) is 11.7 Å². The summed E-state index contributed by atoms with van der Waals surface area (Å²) in [5.74, 6) is -0.625. The average Bonchev–Trinajstić information content (AvgIpc) is 2.97. The highest BCUT2D eigenvalue weighted by Crippen LogP contribution is 2.10. The second-order valence-corrected chi connectivity index (χ2v) is 4.73. The largest absolute Gasteiger partial charge is 0.388 e. The minimum atomic E-state index is -0.371. The van der Waals surface area contributed by atoms with Crippen LogP contribution in [0.25, 0.3) is 5.70 Å². The first-order valence-corrected chi connectivity index (χ1v) is 6.58. The number of hydrogen-bond acceptors (Lipinski definition) is 4. The van der Waals surface area contributed by atoms with Crippen molar-refractivity contribution in [3.05, 3.63) is 42.2 Å². The smallest absolute Gasteiger partial charge is 0.234 e. The fraction of sp³-hybridized carbons (Fsp3) is 0.333. The summed E-state index contributed by atoms with van der Waals surface area (Å²) in [6.45, 7) is 4.32. The molecule has 1 aliphatic heterocycles. The van der Waals surface area contributed by atoms with Gasteiger partial charge < -0.3 is 21.2 Å². The number of carbonyl (C=O) groups is 2. The molecule has 1 aliphatic rings. The second-order valence-electron chi connectivity index (χ2n) is 4.73. The van der Waals surface area contributed by atoms with Crippen LogP contribution in [0.3, 0.4) is 0 Å². The van der Waals surface area contributed by atoms with Gasteiger partial charge in [-0.1, -0.05) is 18.7 Å². The highest BCUT2D eigenvalue weighted by molar-refractivity contribution is 5.81. The molecule has 4 N–H and O–H groups in total. The van der Waals surface area contributed by atoms with E-state index in [0.717, 1.165) is 17.5 Å². The van der Waals surface area contributed by atoms with Gasteiger partial charge in [0.05, 0.1) is 6.04 Å². The van der Waals surface area contributed by atoms with E-state index in [-0.39, 0.29) is 23.7 Å². The van der Waals surface area contributed by atoms with Crippen molar-refractivity contribution in [3.8, 4) is 0 Å². The molecule has 2 unspecified atom stereocenters. The molecular weight excluding hydrogens is 273 g/mol. The number of aldehydes is 1. The number of amides is 1. The molecule has 1 amide bonds. The molecule has 2 atom stereocenters. The molecule has 0 bridgehead atoms. The Bertz CT molecular complexity index is 502. The average molecular weight is 293 g/mol. The van der Waals surface area contributed by atoms with Crippen molar-refractivity contribution in [2.75, 3.05) is 13.6 Å². The normalized spacial score (nSPS) is 20.1. The Morgan fingerprint density at radius 1 is 1.48 bits per heavy atom. The molecular formula is C15H20FN3O2. The van der Waals surface area contributed by atoms with Crippen molar-refractivity contribution < 1.29 is 14.0 Å². The fourth-order valence-electron chi connectivity index (χ4n) is 1.88. The molecule has 0 saturated carbocycles. The van der Waals surface area contributed by atoms with Gasteiger partial charge >= 0.3 is 0 Å². The summed E-state index contributed by atoms with van der Waals surface area (Å²) in [7, 11) is 1.78. The molecule has 0 aromatic heterocycles. The summed E-state index contributed by atoms with van der Waals surface area (Å²) >= 11 is 0. The van der Waals surface area contributed by atoms with Crippen LogP contribution in [0.5, 0.6) is 0 Å². The fourth-order valence-corrected chi connectivity index (χ4v) is 1.88. The van der Waals surface area contributed by atoms with Crippen LogP contribution in [0.15, 0.2) is 30.8 Å². The molecule has 1 saturated heterocycles. The lowest BCUT2D eigenvalue weighted by Gasteiger charge is -2.03. The van der Waals surface area contributed by atoms with Crippen LogP contribution in [0.4, 0.5) is 4.39 Å². The Morgan fingerprint density at radius 2 is 2.10 bits per heavy atom. The zero-order valence-corrected chi connectivity index (χ0v) is 11.9. The summed E-state index contributed by atoms with van der Waals surface area (Å²) in [5.41, 5.74) is 6.70. The quantitative estimate of drug-likeness (QED) is 0.712. The van der Waals surface area contributed by atoms with Gasteiger partial charge in [0.15, 0.2) is 0 Å². The van der Waals surface area contributed by atoms with Crippen LogP contribution >= 0.6 is 0 Å². The SMILES string of the molecule is C=C(NC)c1ccc(F)cc1.NC(=O)C1CC(C=O)CN1. The molecule has 5 nitrogen and oxygen atoms in total. The predicted molar refractivity (Wildman–Crippen MR) is 79.6 cm³/mol. The third-order valence-electron chi connectivity index (χ3n) is 3.20. The summed E-state index contributed by atoms with van der Waals surface area (Å²) in [5, 5.41) is 5.74. The molecule has 0 spiro atoms. The Morgan fingerprint density at radius 3 is 2.48 bits per heavy atom. The zero-order chi connectivity index (χ0) is 15.8. The van der Waals surface area contributed by atoms with Crippen molar-refractivity contribution in [3.63, 3.8) is 0 Å². The van der Waals surface area contributed by atoms with E-state index < -0.39 is 0 Å². The Hall–Kier alpha value is -2.21. The molecule has 114 valence electrons. The van der Waals surface area contributed by atoms with Gasteiger partial charge in [0.25, 0.3) is 0 Å². The Kier molecular flexibility index (Phi) is 6.55. The summed E-state index contributed by atoms with van der Waals surface area (Å²) < 4.78 is 12.4. The van der Waals surface area contributed by atoms with Gasteiger partial charge in [-0.05, 0) is 24.1 Å². The van der Waals surface area contributed by atoms with Gasteiger partial charge in [0.2, 0.25) is 5.91 Å².